The third kappa shape index (κ3) is 4.13. The first kappa shape index (κ1) is 23.7. The number of aromatic nitrogens is 5. The molecule has 0 aliphatic rings. The second kappa shape index (κ2) is 8.87. The summed E-state index contributed by atoms with van der Waals surface area (Å²) < 4.78 is 3.74. The molecule has 0 spiro atoms. The van der Waals surface area contributed by atoms with Crippen molar-refractivity contribution in [3.8, 4) is 11.4 Å². The summed E-state index contributed by atoms with van der Waals surface area (Å²) in [7, 11) is 3.58. The fourth-order valence-corrected chi connectivity index (χ4v) is 4.76. The number of anilines is 1. The molecule has 3 aromatic heterocycles. The number of carboxylic acids is 1. The Balaban J connectivity index is 1.67. The quantitative estimate of drug-likeness (QED) is 0.303. The minimum atomic E-state index is -1.14. The number of nitrogens with zero attached hydrogens (tertiary/aromatic N) is 5. The highest BCUT2D eigenvalue weighted by Gasteiger charge is 2.20. The van der Waals surface area contributed by atoms with Gasteiger partial charge in [0, 0.05) is 36.8 Å². The van der Waals surface area contributed by atoms with E-state index in [2.05, 4.69) is 31.3 Å². The van der Waals surface area contributed by atoms with E-state index in [1.54, 1.807) is 28.4 Å². The molecule has 5 rings (SSSR count). The van der Waals surface area contributed by atoms with Crippen molar-refractivity contribution < 1.29 is 9.90 Å². The molecule has 9 nitrogen and oxygen atoms in total. The van der Waals surface area contributed by atoms with E-state index >= 15 is 0 Å². The van der Waals surface area contributed by atoms with E-state index in [0.29, 0.717) is 27.0 Å². The average molecular weight is 547 g/mol. The molecule has 0 aliphatic carbocycles. The molecule has 0 fully saturated rings. The van der Waals surface area contributed by atoms with Crippen LogP contribution in [-0.4, -0.2) is 35.4 Å². The van der Waals surface area contributed by atoms with Gasteiger partial charge < -0.3 is 10.4 Å². The Morgan fingerprint density at radius 2 is 1.89 bits per heavy atom. The normalized spacial score (nSPS) is 12.2. The van der Waals surface area contributed by atoms with Crippen LogP contribution in [-0.2, 0) is 14.1 Å². The Morgan fingerprint density at radius 1 is 1.11 bits per heavy atom. The zero-order valence-electron chi connectivity index (χ0n) is 20.1. The maximum atomic E-state index is 13.4. The number of hydrogen-bond donors (Lipinski definition) is 2. The second-order valence-electron chi connectivity index (χ2n) is 8.83. The van der Waals surface area contributed by atoms with Gasteiger partial charge in [0.15, 0.2) is 5.69 Å². The van der Waals surface area contributed by atoms with E-state index in [0.717, 1.165) is 27.6 Å². The number of fused-ring (bicyclic) bond motifs is 2. The van der Waals surface area contributed by atoms with E-state index in [9.17, 15) is 14.7 Å². The monoisotopic (exact) mass is 546 g/mol. The Bertz CT molecular complexity index is 1740. The fourth-order valence-electron chi connectivity index (χ4n) is 4.45. The molecule has 1 atom stereocenters. The van der Waals surface area contributed by atoms with Gasteiger partial charge in [0.1, 0.15) is 10.4 Å². The highest BCUT2D eigenvalue weighted by atomic mass is 79.9. The van der Waals surface area contributed by atoms with Crippen LogP contribution in [0.25, 0.3) is 33.2 Å². The zero-order valence-corrected chi connectivity index (χ0v) is 21.7. The van der Waals surface area contributed by atoms with Crippen LogP contribution in [0, 0.1) is 6.92 Å². The maximum Gasteiger partial charge on any atom is 0.356 e. The lowest BCUT2D eigenvalue weighted by atomic mass is 10.0. The second-order valence-corrected chi connectivity index (χ2v) is 9.64. The van der Waals surface area contributed by atoms with Gasteiger partial charge in [0.2, 0.25) is 0 Å². The number of benzene rings is 2. The number of aryl methyl sites for hydroxylation is 2. The maximum absolute atomic E-state index is 13.4. The van der Waals surface area contributed by atoms with Crippen molar-refractivity contribution in [3.05, 3.63) is 80.4 Å². The molecule has 0 saturated heterocycles. The number of halogens is 1. The van der Waals surface area contributed by atoms with Gasteiger partial charge in [0.25, 0.3) is 5.56 Å². The molecule has 0 aliphatic heterocycles. The summed E-state index contributed by atoms with van der Waals surface area (Å²) in [6.45, 7) is 3.83. The molecule has 0 unspecified atom stereocenters. The molecule has 182 valence electrons. The van der Waals surface area contributed by atoms with Crippen LogP contribution >= 0.6 is 15.9 Å². The highest BCUT2D eigenvalue weighted by Crippen LogP contribution is 2.30. The smallest absolute Gasteiger partial charge is 0.356 e. The third-order valence-electron chi connectivity index (χ3n) is 6.13. The number of pyridine rings is 1. The van der Waals surface area contributed by atoms with Crippen LogP contribution < -0.4 is 10.9 Å². The number of rotatable bonds is 5. The topological polar surface area (TPSA) is 115 Å². The molecule has 2 aromatic carbocycles. The summed E-state index contributed by atoms with van der Waals surface area (Å²) in [5, 5.41) is 18.7. The SMILES string of the molecule is Cc1cc([C@@H](C)Nc2ccc(Br)nc2C(=O)O)c2nc(-c3ccc4nn(C)cc4c3)n(C)c(=O)c2c1. The molecule has 2 N–H and O–H groups in total. The van der Waals surface area contributed by atoms with E-state index in [1.807, 2.05) is 57.4 Å². The van der Waals surface area contributed by atoms with Crippen molar-refractivity contribution in [1.29, 1.82) is 0 Å². The van der Waals surface area contributed by atoms with Gasteiger partial charge >= 0.3 is 5.97 Å². The van der Waals surface area contributed by atoms with Gasteiger partial charge in [-0.25, -0.2) is 14.8 Å². The highest BCUT2D eigenvalue weighted by molar-refractivity contribution is 9.10. The zero-order chi connectivity index (χ0) is 25.7. The van der Waals surface area contributed by atoms with Gasteiger partial charge in [-0.3, -0.25) is 14.0 Å². The number of carboxylic acid groups (broad SMARTS) is 1. The number of carbonyl (C=O) groups is 1. The molecule has 36 heavy (non-hydrogen) atoms. The van der Waals surface area contributed by atoms with Crippen LogP contribution in [0.5, 0.6) is 0 Å². The van der Waals surface area contributed by atoms with Gasteiger partial charge in [-0.1, -0.05) is 6.07 Å². The summed E-state index contributed by atoms with van der Waals surface area (Å²) in [5.41, 5.74) is 4.03. The summed E-state index contributed by atoms with van der Waals surface area (Å²) in [5.74, 6) is -0.604. The summed E-state index contributed by atoms with van der Waals surface area (Å²) in [6.07, 6.45) is 1.92. The van der Waals surface area contributed by atoms with Gasteiger partial charge in [-0.05, 0) is 71.7 Å². The van der Waals surface area contributed by atoms with Crippen molar-refractivity contribution in [1.82, 2.24) is 24.3 Å². The van der Waals surface area contributed by atoms with Crippen molar-refractivity contribution >= 4 is 49.4 Å². The fraction of sp³-hybridized carbons (Fsp3) is 0.192. The minimum Gasteiger partial charge on any atom is -0.476 e. The minimum absolute atomic E-state index is 0.0949. The molecular weight excluding hydrogens is 524 g/mol. The first-order valence-corrected chi connectivity index (χ1v) is 12.0. The Kier molecular flexibility index (Phi) is 5.83. The van der Waals surface area contributed by atoms with Crippen LogP contribution in [0.2, 0.25) is 0 Å². The Morgan fingerprint density at radius 3 is 2.64 bits per heavy atom. The van der Waals surface area contributed by atoms with Crippen molar-refractivity contribution in [2.45, 2.75) is 19.9 Å². The lowest BCUT2D eigenvalue weighted by Gasteiger charge is -2.20. The van der Waals surface area contributed by atoms with E-state index in [4.69, 9.17) is 4.98 Å². The molecule has 0 radical (unpaired) electrons. The third-order valence-corrected chi connectivity index (χ3v) is 6.58. The first-order chi connectivity index (χ1) is 17.1. The molecule has 0 amide bonds. The van der Waals surface area contributed by atoms with E-state index in [-0.39, 0.29) is 17.3 Å². The molecule has 3 heterocycles. The van der Waals surface area contributed by atoms with Crippen LogP contribution in [0.1, 0.15) is 34.6 Å². The van der Waals surface area contributed by atoms with Gasteiger partial charge in [0.05, 0.1) is 28.1 Å². The summed E-state index contributed by atoms with van der Waals surface area (Å²) >= 11 is 3.22. The van der Waals surface area contributed by atoms with Crippen molar-refractivity contribution in [3.63, 3.8) is 0 Å². The largest absolute Gasteiger partial charge is 0.476 e. The lowest BCUT2D eigenvalue weighted by Crippen LogP contribution is -2.22. The predicted octanol–water partition coefficient (Wildman–Crippen LogP) is 4.82. The molecule has 0 saturated carbocycles. The predicted molar refractivity (Wildman–Crippen MR) is 142 cm³/mol. The standard InChI is InChI=1S/C26H23BrN6O3/c1-13-9-17(14(2)28-20-7-8-21(27)29-23(20)26(35)36)22-18(10-13)25(34)33(4)24(30-22)15-5-6-19-16(11-15)12-32(3)31-19/h5-12,14,28H,1-4H3,(H,35,36)/t14-/m1/s1. The van der Waals surface area contributed by atoms with E-state index < -0.39 is 5.97 Å². The summed E-state index contributed by atoms with van der Waals surface area (Å²) in [6, 6.07) is 12.6. The van der Waals surface area contributed by atoms with E-state index in [1.165, 1.54) is 0 Å². The number of aromatic carboxylic acids is 1. The first-order valence-electron chi connectivity index (χ1n) is 11.2. The Hall–Kier alpha value is -4.05. The van der Waals surface area contributed by atoms with Crippen LogP contribution in [0.15, 0.2) is 58.1 Å². The number of nitrogens with one attached hydrogen (secondary N) is 1. The molecule has 10 heteroatoms. The molecule has 5 aromatic rings. The summed E-state index contributed by atoms with van der Waals surface area (Å²) in [4.78, 5) is 34.2. The Labute approximate surface area is 214 Å². The lowest BCUT2D eigenvalue weighted by molar-refractivity contribution is 0.0691. The number of hydrogen-bond acceptors (Lipinski definition) is 6. The van der Waals surface area contributed by atoms with Crippen molar-refractivity contribution in [2.24, 2.45) is 14.1 Å². The van der Waals surface area contributed by atoms with Gasteiger partial charge in [-0.2, -0.15) is 5.10 Å². The molecule has 0 bridgehead atoms. The van der Waals surface area contributed by atoms with Crippen LogP contribution in [0.4, 0.5) is 5.69 Å². The molecular formula is C26H23BrN6O3. The van der Waals surface area contributed by atoms with Gasteiger partial charge in [-0.15, -0.1) is 0 Å². The average Bonchev–Trinajstić information content (AvgIpc) is 3.21. The van der Waals surface area contributed by atoms with Crippen LogP contribution in [0.3, 0.4) is 0 Å². The van der Waals surface area contributed by atoms with Crippen molar-refractivity contribution in [2.75, 3.05) is 5.32 Å².